The summed E-state index contributed by atoms with van der Waals surface area (Å²) in [6.45, 7) is 0. The molecule has 4 nitrogen and oxygen atoms in total. The Labute approximate surface area is 136 Å². The van der Waals surface area contributed by atoms with Crippen LogP contribution in [0.4, 0.5) is 5.69 Å². The molecule has 1 aromatic heterocycles. The van der Waals surface area contributed by atoms with Crippen LogP contribution < -0.4 is 5.32 Å². The fraction of sp³-hybridized carbons (Fsp3) is 0.176. The number of nitrogens with one attached hydrogen (secondary N) is 2. The van der Waals surface area contributed by atoms with Gasteiger partial charge in [-0.25, -0.2) is 4.98 Å². The van der Waals surface area contributed by atoms with Crippen molar-refractivity contribution in [3.63, 3.8) is 0 Å². The summed E-state index contributed by atoms with van der Waals surface area (Å²) in [6.07, 6.45) is 2.43. The monoisotopic (exact) mass is 355 g/mol. The first-order chi connectivity index (χ1) is 10.7. The van der Waals surface area contributed by atoms with Crippen LogP contribution in [-0.2, 0) is 0 Å². The van der Waals surface area contributed by atoms with Crippen LogP contribution in [0.3, 0.4) is 0 Å². The number of imidazole rings is 1. The standard InChI is InChI=1S/C17H14BrN3O/c18-13-4-2-1-3-12(13)17(22)19-11-7-8-14-15(9-11)21-16(20-14)10-5-6-10/h1-4,7-10H,5-6H2,(H,19,22)(H,20,21). The molecule has 0 bridgehead atoms. The maximum atomic E-state index is 12.3. The summed E-state index contributed by atoms with van der Waals surface area (Å²) in [6, 6.07) is 13.1. The van der Waals surface area contributed by atoms with Gasteiger partial charge in [0.05, 0.1) is 16.6 Å². The molecular weight excluding hydrogens is 342 g/mol. The fourth-order valence-corrected chi connectivity index (χ4v) is 2.97. The van der Waals surface area contributed by atoms with Gasteiger partial charge in [0.2, 0.25) is 0 Å². The van der Waals surface area contributed by atoms with Gasteiger partial charge in [0, 0.05) is 16.1 Å². The van der Waals surface area contributed by atoms with Crippen molar-refractivity contribution in [3.05, 3.63) is 58.3 Å². The Bertz CT molecular complexity index is 867. The van der Waals surface area contributed by atoms with Crippen molar-refractivity contribution >= 4 is 38.6 Å². The zero-order valence-corrected chi connectivity index (χ0v) is 13.4. The van der Waals surface area contributed by atoms with E-state index in [1.54, 1.807) is 6.07 Å². The van der Waals surface area contributed by atoms with Crippen LogP contribution in [-0.4, -0.2) is 15.9 Å². The molecule has 1 saturated carbocycles. The van der Waals surface area contributed by atoms with Gasteiger partial charge in [0.15, 0.2) is 0 Å². The summed E-state index contributed by atoms with van der Waals surface area (Å²) in [5.41, 5.74) is 3.29. The van der Waals surface area contributed by atoms with Gasteiger partial charge in [-0.3, -0.25) is 4.79 Å². The lowest BCUT2D eigenvalue weighted by atomic mass is 10.2. The topological polar surface area (TPSA) is 57.8 Å². The number of rotatable bonds is 3. The van der Waals surface area contributed by atoms with Crippen molar-refractivity contribution in [1.82, 2.24) is 9.97 Å². The average Bonchev–Trinajstić information content (AvgIpc) is 3.27. The van der Waals surface area contributed by atoms with Crippen molar-refractivity contribution in [3.8, 4) is 0 Å². The molecule has 2 aromatic carbocycles. The Morgan fingerprint density at radius 3 is 2.82 bits per heavy atom. The van der Waals surface area contributed by atoms with Crippen LogP contribution in [0.2, 0.25) is 0 Å². The summed E-state index contributed by atoms with van der Waals surface area (Å²) in [5, 5.41) is 2.93. The van der Waals surface area contributed by atoms with E-state index < -0.39 is 0 Å². The van der Waals surface area contributed by atoms with E-state index in [0.29, 0.717) is 11.5 Å². The van der Waals surface area contributed by atoms with Gasteiger partial charge in [0.1, 0.15) is 5.82 Å². The van der Waals surface area contributed by atoms with E-state index in [-0.39, 0.29) is 5.91 Å². The second kappa shape index (κ2) is 5.25. The number of aromatic nitrogens is 2. The first kappa shape index (κ1) is 13.5. The molecule has 0 aliphatic heterocycles. The number of carbonyl (C=O) groups excluding carboxylic acids is 1. The van der Waals surface area contributed by atoms with E-state index >= 15 is 0 Å². The Morgan fingerprint density at radius 2 is 2.05 bits per heavy atom. The highest BCUT2D eigenvalue weighted by molar-refractivity contribution is 9.10. The molecule has 4 rings (SSSR count). The van der Waals surface area contributed by atoms with Crippen LogP contribution in [0.15, 0.2) is 46.9 Å². The van der Waals surface area contributed by atoms with Crippen LogP contribution >= 0.6 is 15.9 Å². The zero-order valence-electron chi connectivity index (χ0n) is 11.8. The molecule has 1 heterocycles. The third-order valence-electron chi connectivity index (χ3n) is 3.84. The van der Waals surface area contributed by atoms with Crippen LogP contribution in [0, 0.1) is 0 Å². The summed E-state index contributed by atoms with van der Waals surface area (Å²) < 4.78 is 0.783. The Hall–Kier alpha value is -2.14. The number of amides is 1. The molecule has 1 amide bonds. The van der Waals surface area contributed by atoms with Crippen molar-refractivity contribution in [2.24, 2.45) is 0 Å². The number of fused-ring (bicyclic) bond motifs is 1. The van der Waals surface area contributed by atoms with Gasteiger partial charge in [-0.15, -0.1) is 0 Å². The minimum Gasteiger partial charge on any atom is -0.342 e. The molecular formula is C17H14BrN3O. The normalized spacial score (nSPS) is 14.2. The van der Waals surface area contributed by atoms with Crippen LogP contribution in [0.1, 0.15) is 34.9 Å². The third kappa shape index (κ3) is 2.52. The van der Waals surface area contributed by atoms with E-state index in [4.69, 9.17) is 0 Å². The second-order valence-electron chi connectivity index (χ2n) is 5.56. The zero-order chi connectivity index (χ0) is 15.1. The van der Waals surface area contributed by atoms with Gasteiger partial charge in [-0.1, -0.05) is 12.1 Å². The molecule has 3 aromatic rings. The summed E-state index contributed by atoms with van der Waals surface area (Å²) in [7, 11) is 0. The van der Waals surface area contributed by atoms with Gasteiger partial charge >= 0.3 is 0 Å². The van der Waals surface area contributed by atoms with E-state index in [9.17, 15) is 4.79 Å². The molecule has 1 aliphatic carbocycles. The molecule has 0 spiro atoms. The fourth-order valence-electron chi connectivity index (χ4n) is 2.50. The number of anilines is 1. The maximum Gasteiger partial charge on any atom is 0.256 e. The Balaban J connectivity index is 1.61. The Kier molecular flexibility index (Phi) is 3.22. The molecule has 22 heavy (non-hydrogen) atoms. The minimum absolute atomic E-state index is 0.131. The molecule has 0 saturated heterocycles. The number of hydrogen-bond donors (Lipinski definition) is 2. The maximum absolute atomic E-state index is 12.3. The molecule has 2 N–H and O–H groups in total. The van der Waals surface area contributed by atoms with E-state index in [0.717, 1.165) is 27.0 Å². The average molecular weight is 356 g/mol. The van der Waals surface area contributed by atoms with Gasteiger partial charge in [0.25, 0.3) is 5.91 Å². The molecule has 5 heteroatoms. The largest absolute Gasteiger partial charge is 0.342 e. The molecule has 0 atom stereocenters. The number of carbonyl (C=O) groups is 1. The van der Waals surface area contributed by atoms with Crippen molar-refractivity contribution in [2.45, 2.75) is 18.8 Å². The second-order valence-corrected chi connectivity index (χ2v) is 6.42. The molecule has 1 aliphatic rings. The summed E-state index contributed by atoms with van der Waals surface area (Å²) in [5.74, 6) is 1.52. The number of hydrogen-bond acceptors (Lipinski definition) is 2. The summed E-state index contributed by atoms with van der Waals surface area (Å²) >= 11 is 3.40. The lowest BCUT2D eigenvalue weighted by Gasteiger charge is -2.06. The molecule has 110 valence electrons. The van der Waals surface area contributed by atoms with E-state index in [1.165, 1.54) is 12.8 Å². The highest BCUT2D eigenvalue weighted by Crippen LogP contribution is 2.39. The predicted molar refractivity (Wildman–Crippen MR) is 90.2 cm³/mol. The van der Waals surface area contributed by atoms with Crippen molar-refractivity contribution < 1.29 is 4.79 Å². The smallest absolute Gasteiger partial charge is 0.256 e. The number of benzene rings is 2. The highest BCUT2D eigenvalue weighted by Gasteiger charge is 2.26. The van der Waals surface area contributed by atoms with E-state index in [1.807, 2.05) is 36.4 Å². The lowest BCUT2D eigenvalue weighted by molar-refractivity contribution is 0.102. The predicted octanol–water partition coefficient (Wildman–Crippen LogP) is 4.46. The first-order valence-electron chi connectivity index (χ1n) is 7.26. The SMILES string of the molecule is O=C(Nc1ccc2nc(C3CC3)[nH]c2c1)c1ccccc1Br. The van der Waals surface area contributed by atoms with Gasteiger partial charge in [-0.05, 0) is 59.1 Å². The third-order valence-corrected chi connectivity index (χ3v) is 4.53. The lowest BCUT2D eigenvalue weighted by Crippen LogP contribution is -2.12. The molecule has 0 unspecified atom stereocenters. The van der Waals surface area contributed by atoms with E-state index in [2.05, 4.69) is 31.2 Å². The highest BCUT2D eigenvalue weighted by atomic mass is 79.9. The molecule has 0 radical (unpaired) electrons. The van der Waals surface area contributed by atoms with Gasteiger partial charge in [-0.2, -0.15) is 0 Å². The Morgan fingerprint density at radius 1 is 1.23 bits per heavy atom. The summed E-state index contributed by atoms with van der Waals surface area (Å²) in [4.78, 5) is 20.3. The quantitative estimate of drug-likeness (QED) is 0.728. The van der Waals surface area contributed by atoms with Gasteiger partial charge < -0.3 is 10.3 Å². The van der Waals surface area contributed by atoms with Crippen molar-refractivity contribution in [1.29, 1.82) is 0 Å². The number of aromatic amines is 1. The van der Waals surface area contributed by atoms with Crippen LogP contribution in [0.25, 0.3) is 11.0 Å². The first-order valence-corrected chi connectivity index (χ1v) is 8.05. The van der Waals surface area contributed by atoms with Crippen LogP contribution in [0.5, 0.6) is 0 Å². The number of halogens is 1. The van der Waals surface area contributed by atoms with Crippen molar-refractivity contribution in [2.75, 3.05) is 5.32 Å². The minimum atomic E-state index is -0.131. The number of nitrogens with zero attached hydrogens (tertiary/aromatic N) is 1. The molecule has 1 fully saturated rings. The number of H-pyrrole nitrogens is 1.